The van der Waals surface area contributed by atoms with E-state index in [0.29, 0.717) is 24.9 Å². The van der Waals surface area contributed by atoms with Gasteiger partial charge in [-0.25, -0.2) is 4.79 Å². The number of aromatic hydroxyl groups is 1. The number of carboxylic acid groups (broad SMARTS) is 2. The number of amides is 4. The maximum absolute atomic E-state index is 13.3. The summed E-state index contributed by atoms with van der Waals surface area (Å²) in [4.78, 5) is 72.3. The highest BCUT2D eigenvalue weighted by molar-refractivity contribution is 5.95. The van der Waals surface area contributed by atoms with Crippen molar-refractivity contribution in [2.75, 3.05) is 6.54 Å². The third kappa shape index (κ3) is 12.7. The molecule has 4 amide bonds. The number of hydrogen-bond donors (Lipinski definition) is 9. The first kappa shape index (κ1) is 32.8. The van der Waals surface area contributed by atoms with Crippen LogP contribution in [-0.2, 0) is 35.2 Å². The molecule has 0 bridgehead atoms. The quantitative estimate of drug-likeness (QED) is 0.0871. The van der Waals surface area contributed by atoms with E-state index in [-0.39, 0.29) is 31.4 Å². The standard InChI is InChI=1S/C24H36N6O9/c25-10-2-1-3-16(22(36)30-18(24(38)39)12-19(27)32)28-23(37)17(11-13-4-6-14(31)7-5-13)29-21(35)15(26)8-9-20(33)34/h4-7,15-18,31H,1-3,8-12,25-26H2,(H2,27,32)(H,28,37)(H,29,35)(H,30,36)(H,33,34)(H,38,39). The van der Waals surface area contributed by atoms with Gasteiger partial charge in [0, 0.05) is 12.8 Å². The predicted molar refractivity (Wildman–Crippen MR) is 137 cm³/mol. The first-order chi connectivity index (χ1) is 18.3. The van der Waals surface area contributed by atoms with E-state index < -0.39 is 66.2 Å². The van der Waals surface area contributed by atoms with Crippen molar-refractivity contribution < 1.29 is 44.1 Å². The van der Waals surface area contributed by atoms with Gasteiger partial charge in [0.05, 0.1) is 12.5 Å². The molecule has 0 fully saturated rings. The van der Waals surface area contributed by atoms with Crippen LogP contribution >= 0.6 is 0 Å². The minimum Gasteiger partial charge on any atom is -0.508 e. The number of phenolic OH excluding ortho intramolecular Hbond substituents is 1. The van der Waals surface area contributed by atoms with Crippen LogP contribution in [0.2, 0.25) is 0 Å². The van der Waals surface area contributed by atoms with Gasteiger partial charge in [0.15, 0.2) is 0 Å². The Morgan fingerprint density at radius 3 is 1.90 bits per heavy atom. The Labute approximate surface area is 224 Å². The Kier molecular flexibility index (Phi) is 13.9. The number of phenols is 1. The molecule has 1 rings (SSSR count). The summed E-state index contributed by atoms with van der Waals surface area (Å²) in [5.41, 5.74) is 16.9. The summed E-state index contributed by atoms with van der Waals surface area (Å²) in [6.45, 7) is 0.301. The van der Waals surface area contributed by atoms with E-state index in [4.69, 9.17) is 22.3 Å². The van der Waals surface area contributed by atoms with Crippen LogP contribution in [0.25, 0.3) is 0 Å². The monoisotopic (exact) mass is 552 g/mol. The Balaban J connectivity index is 3.14. The lowest BCUT2D eigenvalue weighted by Gasteiger charge is -2.25. The number of primary amides is 1. The zero-order chi connectivity index (χ0) is 29.5. The summed E-state index contributed by atoms with van der Waals surface area (Å²) in [6, 6.07) is 0.394. The van der Waals surface area contributed by atoms with Crippen molar-refractivity contribution in [3.63, 3.8) is 0 Å². The second-order valence-electron chi connectivity index (χ2n) is 8.89. The summed E-state index contributed by atoms with van der Waals surface area (Å²) >= 11 is 0. The van der Waals surface area contributed by atoms with Gasteiger partial charge in [-0.2, -0.15) is 0 Å². The van der Waals surface area contributed by atoms with Crippen molar-refractivity contribution in [2.45, 2.75) is 69.1 Å². The lowest BCUT2D eigenvalue weighted by molar-refractivity contribution is -0.144. The van der Waals surface area contributed by atoms with Crippen LogP contribution in [0.1, 0.15) is 44.1 Å². The second kappa shape index (κ2) is 16.6. The van der Waals surface area contributed by atoms with Gasteiger partial charge in [0.2, 0.25) is 23.6 Å². The van der Waals surface area contributed by atoms with Gasteiger partial charge in [-0.1, -0.05) is 12.1 Å². The molecule has 39 heavy (non-hydrogen) atoms. The number of rotatable bonds is 18. The highest BCUT2D eigenvalue weighted by Gasteiger charge is 2.31. The number of unbranched alkanes of at least 4 members (excludes halogenated alkanes) is 1. The van der Waals surface area contributed by atoms with Crippen molar-refractivity contribution in [1.82, 2.24) is 16.0 Å². The molecule has 0 aliphatic rings. The van der Waals surface area contributed by atoms with E-state index in [9.17, 15) is 39.0 Å². The first-order valence-electron chi connectivity index (χ1n) is 12.2. The molecule has 0 spiro atoms. The van der Waals surface area contributed by atoms with Crippen LogP contribution in [0, 0.1) is 0 Å². The lowest BCUT2D eigenvalue weighted by atomic mass is 10.0. The first-order valence-corrected chi connectivity index (χ1v) is 12.2. The van der Waals surface area contributed by atoms with Crippen molar-refractivity contribution in [3.05, 3.63) is 29.8 Å². The summed E-state index contributed by atoms with van der Waals surface area (Å²) < 4.78 is 0. The van der Waals surface area contributed by atoms with Crippen molar-refractivity contribution in [3.8, 4) is 5.75 Å². The van der Waals surface area contributed by atoms with E-state index in [0.717, 1.165) is 0 Å². The summed E-state index contributed by atoms with van der Waals surface area (Å²) in [5.74, 6) is -6.13. The number of carbonyl (C=O) groups excluding carboxylic acids is 4. The third-order valence-electron chi connectivity index (χ3n) is 5.61. The third-order valence-corrected chi connectivity index (χ3v) is 5.61. The fraction of sp³-hybridized carbons (Fsp3) is 0.500. The number of aliphatic carboxylic acids is 2. The molecule has 1 aromatic rings. The molecule has 4 unspecified atom stereocenters. The number of benzene rings is 1. The molecular formula is C24H36N6O9. The van der Waals surface area contributed by atoms with Crippen LogP contribution in [0.5, 0.6) is 5.75 Å². The Morgan fingerprint density at radius 2 is 1.36 bits per heavy atom. The fourth-order valence-corrected chi connectivity index (χ4v) is 3.47. The molecule has 0 aliphatic carbocycles. The summed E-state index contributed by atoms with van der Waals surface area (Å²) in [5, 5.41) is 34.8. The molecule has 0 saturated heterocycles. The maximum atomic E-state index is 13.3. The van der Waals surface area contributed by atoms with E-state index in [1.165, 1.54) is 24.3 Å². The topological polar surface area (TPSA) is 277 Å². The van der Waals surface area contributed by atoms with Crippen LogP contribution in [0.15, 0.2) is 24.3 Å². The van der Waals surface area contributed by atoms with Crippen molar-refractivity contribution in [1.29, 1.82) is 0 Å². The predicted octanol–water partition coefficient (Wildman–Crippen LogP) is -2.33. The second-order valence-corrected chi connectivity index (χ2v) is 8.89. The van der Waals surface area contributed by atoms with Gasteiger partial charge in [0.1, 0.15) is 23.9 Å². The molecule has 4 atom stereocenters. The number of carbonyl (C=O) groups is 6. The van der Waals surface area contributed by atoms with Crippen LogP contribution in [-0.4, -0.2) is 81.6 Å². The number of nitrogens with two attached hydrogens (primary N) is 3. The molecule has 1 aromatic carbocycles. The minimum atomic E-state index is -1.62. The average Bonchev–Trinajstić information content (AvgIpc) is 2.86. The number of hydrogen-bond acceptors (Lipinski definition) is 9. The Bertz CT molecular complexity index is 1020. The Hall–Kier alpha value is -4.24. The average molecular weight is 553 g/mol. The van der Waals surface area contributed by atoms with Crippen LogP contribution in [0.4, 0.5) is 0 Å². The zero-order valence-corrected chi connectivity index (χ0v) is 21.3. The molecule has 0 saturated carbocycles. The summed E-state index contributed by atoms with van der Waals surface area (Å²) in [7, 11) is 0. The molecule has 15 nitrogen and oxygen atoms in total. The Morgan fingerprint density at radius 1 is 0.795 bits per heavy atom. The summed E-state index contributed by atoms with van der Waals surface area (Å²) in [6.07, 6.45) is -0.362. The molecule has 0 radical (unpaired) electrons. The van der Waals surface area contributed by atoms with Crippen LogP contribution < -0.4 is 33.2 Å². The van der Waals surface area contributed by atoms with Gasteiger partial charge >= 0.3 is 11.9 Å². The molecule has 0 aliphatic heterocycles. The smallest absolute Gasteiger partial charge is 0.326 e. The zero-order valence-electron chi connectivity index (χ0n) is 21.3. The number of nitrogens with one attached hydrogen (secondary N) is 3. The van der Waals surface area contributed by atoms with Gasteiger partial charge < -0.3 is 48.5 Å². The number of carboxylic acids is 2. The molecule has 12 N–H and O–H groups in total. The van der Waals surface area contributed by atoms with Gasteiger partial charge in [-0.05, 0) is 49.9 Å². The van der Waals surface area contributed by atoms with Gasteiger partial charge in [-0.15, -0.1) is 0 Å². The van der Waals surface area contributed by atoms with Gasteiger partial charge in [-0.3, -0.25) is 24.0 Å². The van der Waals surface area contributed by atoms with Crippen LogP contribution in [0.3, 0.4) is 0 Å². The van der Waals surface area contributed by atoms with E-state index >= 15 is 0 Å². The highest BCUT2D eigenvalue weighted by atomic mass is 16.4. The molecule has 0 aromatic heterocycles. The SMILES string of the molecule is NCCCCC(NC(=O)C(Cc1ccc(O)cc1)NC(=O)C(N)CCC(=O)O)C(=O)NC(CC(N)=O)C(=O)O. The molecule has 0 heterocycles. The molecule has 15 heteroatoms. The molecule has 216 valence electrons. The lowest BCUT2D eigenvalue weighted by Crippen LogP contribution is -2.57. The van der Waals surface area contributed by atoms with E-state index in [1.54, 1.807) is 0 Å². The highest BCUT2D eigenvalue weighted by Crippen LogP contribution is 2.12. The minimum absolute atomic E-state index is 0.0277. The van der Waals surface area contributed by atoms with Gasteiger partial charge in [0.25, 0.3) is 0 Å². The molecular weight excluding hydrogens is 516 g/mol. The fourth-order valence-electron chi connectivity index (χ4n) is 3.47. The van der Waals surface area contributed by atoms with Crippen molar-refractivity contribution >= 4 is 35.6 Å². The van der Waals surface area contributed by atoms with E-state index in [1.807, 2.05) is 0 Å². The normalized spacial score (nSPS) is 13.8. The van der Waals surface area contributed by atoms with E-state index in [2.05, 4.69) is 16.0 Å². The van der Waals surface area contributed by atoms with Crippen molar-refractivity contribution in [2.24, 2.45) is 17.2 Å². The maximum Gasteiger partial charge on any atom is 0.326 e. The largest absolute Gasteiger partial charge is 0.508 e.